The number of carbonyl (C=O) groups is 2. The third-order valence-electron chi connectivity index (χ3n) is 12.3. The van der Waals surface area contributed by atoms with Crippen LogP contribution in [0.2, 0.25) is 0 Å². The Labute approximate surface area is 244 Å². The summed E-state index contributed by atoms with van der Waals surface area (Å²) in [4.78, 5) is 24.7. The van der Waals surface area contributed by atoms with Crippen LogP contribution >= 0.6 is 0 Å². The van der Waals surface area contributed by atoms with Crippen molar-refractivity contribution in [3.05, 3.63) is 0 Å². The van der Waals surface area contributed by atoms with Crippen LogP contribution in [0.15, 0.2) is 0 Å². The van der Waals surface area contributed by atoms with Crippen molar-refractivity contribution in [3.63, 3.8) is 0 Å². The number of hydrogen-bond donors (Lipinski definition) is 4. The van der Waals surface area contributed by atoms with Crippen LogP contribution in [0.5, 0.6) is 0 Å². The molecule has 0 bridgehead atoms. The van der Waals surface area contributed by atoms with Crippen molar-refractivity contribution in [1.82, 2.24) is 16.0 Å². The van der Waals surface area contributed by atoms with Gasteiger partial charge < -0.3 is 26.4 Å². The van der Waals surface area contributed by atoms with Gasteiger partial charge in [0, 0.05) is 38.6 Å². The van der Waals surface area contributed by atoms with E-state index < -0.39 is 6.04 Å². The minimum atomic E-state index is -0.554. The van der Waals surface area contributed by atoms with E-state index in [0.29, 0.717) is 29.8 Å². The summed E-state index contributed by atoms with van der Waals surface area (Å²) in [6.07, 6.45) is 14.9. The molecule has 1 amide bonds. The zero-order valence-electron chi connectivity index (χ0n) is 26.2. The van der Waals surface area contributed by atoms with Gasteiger partial charge in [-0.05, 0) is 117 Å². The molecule has 0 spiro atoms. The molecule has 4 fully saturated rings. The standard InChI is InChI=1S/C33H60N4O3/c1-22(2)30(31(39)40-5)37-29(38)8-6-7-23-10-12-27-26-11-9-24-21-25(36-20-19-35-18-17-34)13-15-33(24,4)28(26)14-16-32(23,27)3/h22-28,30,35-36H,6-21,34H2,1-5H3,(H,37,38). The van der Waals surface area contributed by atoms with E-state index in [1.807, 2.05) is 13.8 Å². The first-order valence-electron chi connectivity index (χ1n) is 16.6. The lowest BCUT2D eigenvalue weighted by atomic mass is 9.44. The van der Waals surface area contributed by atoms with Crippen LogP contribution in [0.25, 0.3) is 0 Å². The average molecular weight is 561 g/mol. The molecule has 7 nitrogen and oxygen atoms in total. The first-order chi connectivity index (χ1) is 19.1. The fraction of sp³-hybridized carbons (Fsp3) is 0.939. The molecule has 40 heavy (non-hydrogen) atoms. The summed E-state index contributed by atoms with van der Waals surface area (Å²) in [5.74, 6) is 3.90. The number of carbonyl (C=O) groups excluding carboxylic acids is 2. The molecule has 0 aliphatic heterocycles. The number of esters is 1. The van der Waals surface area contributed by atoms with Crippen LogP contribution in [0.3, 0.4) is 0 Å². The van der Waals surface area contributed by atoms with Crippen LogP contribution in [0.4, 0.5) is 0 Å². The van der Waals surface area contributed by atoms with Crippen molar-refractivity contribution < 1.29 is 14.3 Å². The molecule has 4 aliphatic carbocycles. The minimum absolute atomic E-state index is 0.0179. The molecule has 7 heteroatoms. The Morgan fingerprint density at radius 3 is 2.42 bits per heavy atom. The Balaban J connectivity index is 1.27. The highest BCUT2D eigenvalue weighted by Gasteiger charge is 2.59. The average Bonchev–Trinajstić information content (AvgIpc) is 3.27. The molecule has 230 valence electrons. The maximum Gasteiger partial charge on any atom is 0.328 e. The maximum atomic E-state index is 12.7. The number of rotatable bonds is 13. The molecule has 4 aliphatic rings. The number of nitrogens with one attached hydrogen (secondary N) is 3. The molecule has 0 heterocycles. The van der Waals surface area contributed by atoms with Crippen molar-refractivity contribution >= 4 is 11.9 Å². The summed E-state index contributed by atoms with van der Waals surface area (Å²) in [6, 6.07) is 0.126. The van der Waals surface area contributed by atoms with Gasteiger partial charge in [0.2, 0.25) is 5.91 Å². The predicted molar refractivity (Wildman–Crippen MR) is 162 cm³/mol. The van der Waals surface area contributed by atoms with E-state index in [1.165, 1.54) is 64.9 Å². The predicted octanol–water partition coefficient (Wildman–Crippen LogP) is 4.64. The van der Waals surface area contributed by atoms with Gasteiger partial charge in [-0.2, -0.15) is 0 Å². The van der Waals surface area contributed by atoms with E-state index in [-0.39, 0.29) is 17.8 Å². The summed E-state index contributed by atoms with van der Waals surface area (Å²) in [6.45, 7) is 12.8. The highest BCUT2D eigenvalue weighted by molar-refractivity contribution is 5.84. The van der Waals surface area contributed by atoms with Crippen LogP contribution in [0, 0.1) is 46.3 Å². The molecule has 4 saturated carbocycles. The minimum Gasteiger partial charge on any atom is -0.467 e. The topological polar surface area (TPSA) is 105 Å². The SMILES string of the molecule is COC(=O)C(NC(=O)CCCC1CCC2C3CCC4CC(NCCNCCN)CCC4(C)C3CCC12C)C(C)C. The fourth-order valence-electron chi connectivity index (χ4n) is 10.00. The van der Waals surface area contributed by atoms with Crippen molar-refractivity contribution in [1.29, 1.82) is 0 Å². The van der Waals surface area contributed by atoms with E-state index in [1.54, 1.807) is 0 Å². The van der Waals surface area contributed by atoms with Gasteiger partial charge in [-0.1, -0.05) is 27.7 Å². The Morgan fingerprint density at radius 2 is 1.70 bits per heavy atom. The number of fused-ring (bicyclic) bond motifs is 5. The Kier molecular flexibility index (Phi) is 11.0. The summed E-state index contributed by atoms with van der Waals surface area (Å²) in [5.41, 5.74) is 6.55. The summed E-state index contributed by atoms with van der Waals surface area (Å²) in [5, 5.41) is 10.2. The smallest absolute Gasteiger partial charge is 0.328 e. The molecule has 0 aromatic rings. The first-order valence-corrected chi connectivity index (χ1v) is 16.6. The number of methoxy groups -OCH3 is 1. The van der Waals surface area contributed by atoms with Gasteiger partial charge in [0.25, 0.3) is 0 Å². The Hall–Kier alpha value is -1.18. The zero-order chi connectivity index (χ0) is 28.9. The number of amides is 1. The van der Waals surface area contributed by atoms with Gasteiger partial charge >= 0.3 is 5.97 Å². The molecule has 9 atom stereocenters. The van der Waals surface area contributed by atoms with Gasteiger partial charge in [0.15, 0.2) is 0 Å². The molecule has 9 unspecified atom stereocenters. The van der Waals surface area contributed by atoms with Gasteiger partial charge in [0.1, 0.15) is 6.04 Å². The van der Waals surface area contributed by atoms with Gasteiger partial charge in [-0.3, -0.25) is 4.79 Å². The molecule has 0 radical (unpaired) electrons. The van der Waals surface area contributed by atoms with E-state index in [0.717, 1.165) is 62.1 Å². The fourth-order valence-corrected chi connectivity index (χ4v) is 10.00. The van der Waals surface area contributed by atoms with Crippen molar-refractivity contribution in [2.75, 3.05) is 33.3 Å². The van der Waals surface area contributed by atoms with E-state index in [4.69, 9.17) is 10.5 Å². The monoisotopic (exact) mass is 560 g/mol. The molecule has 0 aromatic heterocycles. The van der Waals surface area contributed by atoms with Crippen LogP contribution in [-0.2, 0) is 14.3 Å². The summed E-state index contributed by atoms with van der Waals surface area (Å²) < 4.78 is 4.89. The quantitative estimate of drug-likeness (QED) is 0.193. The maximum absolute atomic E-state index is 12.7. The van der Waals surface area contributed by atoms with E-state index in [9.17, 15) is 9.59 Å². The lowest BCUT2D eigenvalue weighted by molar-refractivity contribution is -0.146. The highest BCUT2D eigenvalue weighted by atomic mass is 16.5. The van der Waals surface area contributed by atoms with Crippen LogP contribution < -0.4 is 21.7 Å². The molecule has 0 saturated heterocycles. The lowest BCUT2D eigenvalue weighted by Gasteiger charge is -2.61. The van der Waals surface area contributed by atoms with Gasteiger partial charge in [0.05, 0.1) is 7.11 Å². The third-order valence-corrected chi connectivity index (χ3v) is 12.3. The summed E-state index contributed by atoms with van der Waals surface area (Å²) >= 11 is 0. The zero-order valence-corrected chi connectivity index (χ0v) is 26.2. The number of ether oxygens (including phenoxy) is 1. The molecular formula is C33H60N4O3. The largest absolute Gasteiger partial charge is 0.467 e. The van der Waals surface area contributed by atoms with Gasteiger partial charge in [-0.15, -0.1) is 0 Å². The number of hydrogen-bond acceptors (Lipinski definition) is 6. The van der Waals surface area contributed by atoms with Crippen LogP contribution in [-0.4, -0.2) is 57.2 Å². The van der Waals surface area contributed by atoms with Crippen molar-refractivity contribution in [3.8, 4) is 0 Å². The Morgan fingerprint density at radius 1 is 0.950 bits per heavy atom. The first kappa shape index (κ1) is 31.7. The molecule has 5 N–H and O–H groups in total. The second kappa shape index (κ2) is 13.9. The second-order valence-corrected chi connectivity index (χ2v) is 14.6. The molecule has 4 rings (SSSR count). The van der Waals surface area contributed by atoms with Gasteiger partial charge in [-0.25, -0.2) is 4.79 Å². The van der Waals surface area contributed by atoms with Crippen molar-refractivity contribution in [2.24, 2.45) is 52.1 Å². The van der Waals surface area contributed by atoms with Crippen LogP contribution in [0.1, 0.15) is 105 Å². The Bertz CT molecular complexity index is 852. The second-order valence-electron chi connectivity index (χ2n) is 14.6. The molecule has 0 aromatic carbocycles. The normalized spacial score (nSPS) is 37.8. The van der Waals surface area contributed by atoms with Crippen molar-refractivity contribution in [2.45, 2.75) is 117 Å². The van der Waals surface area contributed by atoms with E-state index in [2.05, 4.69) is 29.8 Å². The lowest BCUT2D eigenvalue weighted by Crippen LogP contribution is -2.55. The highest BCUT2D eigenvalue weighted by Crippen LogP contribution is 2.67. The molecular weight excluding hydrogens is 500 g/mol. The third kappa shape index (κ3) is 6.72. The summed E-state index contributed by atoms with van der Waals surface area (Å²) in [7, 11) is 1.38. The number of nitrogens with two attached hydrogens (primary N) is 1. The van der Waals surface area contributed by atoms with E-state index >= 15 is 0 Å².